The van der Waals surface area contributed by atoms with Crippen LogP contribution in [-0.2, 0) is 30.2 Å². The molecule has 2 unspecified atom stereocenters. The Kier molecular flexibility index (Phi) is 15.2. The standard InChI is InChI=1S/C30H47NO10/c1-8-9-21(6)26(32)39-22(7)17-30(31,27(33)34)18-23-10-11-24(40-28(35)37-14-12-19(2)3)25(16-23)41-29(36)38-15-13-20(4)5/h10-11,16,19-22H,8-9,12-15,17-18,31H2,1-7H3,(H,33,34)/t21?,22-,30?/m0/s1. The van der Waals surface area contributed by atoms with Crippen molar-refractivity contribution in [3.05, 3.63) is 23.8 Å². The molecule has 3 N–H and O–H groups in total. The van der Waals surface area contributed by atoms with Gasteiger partial charge in [0.1, 0.15) is 11.6 Å². The summed E-state index contributed by atoms with van der Waals surface area (Å²) in [6.07, 6.45) is -0.409. The summed E-state index contributed by atoms with van der Waals surface area (Å²) in [6, 6.07) is 4.21. The Hall–Kier alpha value is -3.34. The summed E-state index contributed by atoms with van der Waals surface area (Å²) in [5, 5.41) is 9.97. The van der Waals surface area contributed by atoms with Gasteiger partial charge in [-0.3, -0.25) is 9.59 Å². The van der Waals surface area contributed by atoms with Crippen LogP contribution in [0.1, 0.15) is 86.1 Å². The zero-order valence-corrected chi connectivity index (χ0v) is 25.4. The lowest BCUT2D eigenvalue weighted by atomic mass is 9.86. The quantitative estimate of drug-likeness (QED) is 0.128. The van der Waals surface area contributed by atoms with E-state index in [4.69, 9.17) is 29.4 Å². The summed E-state index contributed by atoms with van der Waals surface area (Å²) >= 11 is 0. The second-order valence-corrected chi connectivity index (χ2v) is 11.3. The van der Waals surface area contributed by atoms with Gasteiger partial charge in [-0.05, 0) is 55.7 Å². The number of carbonyl (C=O) groups excluding carboxylic acids is 3. The van der Waals surface area contributed by atoms with E-state index in [9.17, 15) is 24.3 Å². The molecule has 0 saturated heterocycles. The highest BCUT2D eigenvalue weighted by Gasteiger charge is 2.37. The van der Waals surface area contributed by atoms with Gasteiger partial charge in [-0.1, -0.05) is 54.0 Å². The van der Waals surface area contributed by atoms with E-state index in [0.717, 1.165) is 6.42 Å². The third-order valence-corrected chi connectivity index (χ3v) is 6.26. The molecule has 11 nitrogen and oxygen atoms in total. The lowest BCUT2D eigenvalue weighted by Crippen LogP contribution is -2.52. The third kappa shape index (κ3) is 13.7. The van der Waals surface area contributed by atoms with Crippen molar-refractivity contribution in [2.75, 3.05) is 13.2 Å². The normalized spacial score (nSPS) is 14.1. The number of carboxylic acids is 1. The number of hydrogen-bond donors (Lipinski definition) is 2. The molecule has 1 aromatic rings. The van der Waals surface area contributed by atoms with Crippen LogP contribution in [0.5, 0.6) is 11.5 Å². The number of ether oxygens (including phenoxy) is 5. The summed E-state index contributed by atoms with van der Waals surface area (Å²) < 4.78 is 26.2. The first-order valence-corrected chi connectivity index (χ1v) is 14.2. The van der Waals surface area contributed by atoms with E-state index in [1.54, 1.807) is 13.8 Å². The van der Waals surface area contributed by atoms with Gasteiger partial charge in [0.25, 0.3) is 0 Å². The highest BCUT2D eigenvalue weighted by atomic mass is 16.7. The molecular weight excluding hydrogens is 534 g/mol. The first-order chi connectivity index (χ1) is 19.2. The number of benzene rings is 1. The molecule has 0 bridgehead atoms. The van der Waals surface area contributed by atoms with Crippen molar-refractivity contribution < 1.29 is 48.0 Å². The van der Waals surface area contributed by atoms with Gasteiger partial charge in [0, 0.05) is 12.8 Å². The van der Waals surface area contributed by atoms with E-state index < -0.39 is 35.9 Å². The molecule has 1 aromatic carbocycles. The molecule has 0 spiro atoms. The van der Waals surface area contributed by atoms with E-state index in [1.807, 2.05) is 34.6 Å². The van der Waals surface area contributed by atoms with Gasteiger partial charge in [0.05, 0.1) is 19.1 Å². The Balaban J connectivity index is 3.13. The first kappa shape index (κ1) is 35.7. The van der Waals surface area contributed by atoms with Crippen molar-refractivity contribution in [2.24, 2.45) is 23.5 Å². The Morgan fingerprint density at radius 1 is 0.854 bits per heavy atom. The predicted octanol–water partition coefficient (Wildman–Crippen LogP) is 5.89. The van der Waals surface area contributed by atoms with E-state index >= 15 is 0 Å². The van der Waals surface area contributed by atoms with Crippen LogP contribution >= 0.6 is 0 Å². The molecule has 0 saturated carbocycles. The van der Waals surface area contributed by atoms with Crippen molar-refractivity contribution in [3.8, 4) is 11.5 Å². The topological polar surface area (TPSA) is 161 Å². The minimum Gasteiger partial charge on any atom is -0.480 e. The van der Waals surface area contributed by atoms with E-state index in [0.29, 0.717) is 36.7 Å². The number of carbonyl (C=O) groups is 4. The molecule has 0 amide bonds. The number of esters is 1. The molecule has 0 fully saturated rings. The fraction of sp³-hybridized carbons (Fsp3) is 0.667. The largest absolute Gasteiger partial charge is 0.513 e. The summed E-state index contributed by atoms with van der Waals surface area (Å²) in [7, 11) is 0. The molecule has 232 valence electrons. The maximum absolute atomic E-state index is 12.3. The molecular formula is C30H47NO10. The molecule has 0 aliphatic heterocycles. The van der Waals surface area contributed by atoms with E-state index in [1.165, 1.54) is 18.2 Å². The Labute approximate surface area is 243 Å². The molecule has 0 aromatic heterocycles. The van der Waals surface area contributed by atoms with E-state index in [-0.39, 0.29) is 43.5 Å². The lowest BCUT2D eigenvalue weighted by Gasteiger charge is -2.28. The molecule has 0 aliphatic carbocycles. The van der Waals surface area contributed by atoms with Crippen LogP contribution in [0.2, 0.25) is 0 Å². The molecule has 1 rings (SSSR count). The lowest BCUT2D eigenvalue weighted by molar-refractivity contribution is -0.156. The fourth-order valence-electron chi connectivity index (χ4n) is 3.84. The summed E-state index contributed by atoms with van der Waals surface area (Å²) in [5.41, 5.74) is 4.85. The molecule has 3 atom stereocenters. The average molecular weight is 582 g/mol. The van der Waals surface area contributed by atoms with Crippen molar-refractivity contribution in [1.82, 2.24) is 0 Å². The van der Waals surface area contributed by atoms with Gasteiger partial charge in [0.15, 0.2) is 11.5 Å². The molecule has 0 radical (unpaired) electrons. The number of nitrogens with two attached hydrogens (primary N) is 1. The second kappa shape index (κ2) is 17.5. The predicted molar refractivity (Wildman–Crippen MR) is 152 cm³/mol. The monoisotopic (exact) mass is 581 g/mol. The van der Waals surface area contributed by atoms with Crippen LogP contribution < -0.4 is 15.2 Å². The Bertz CT molecular complexity index is 1010. The van der Waals surface area contributed by atoms with Gasteiger partial charge in [-0.15, -0.1) is 0 Å². The van der Waals surface area contributed by atoms with Gasteiger partial charge in [-0.25, -0.2) is 9.59 Å². The maximum Gasteiger partial charge on any atom is 0.513 e. The van der Waals surface area contributed by atoms with Crippen LogP contribution in [-0.4, -0.2) is 54.2 Å². The smallest absolute Gasteiger partial charge is 0.480 e. The van der Waals surface area contributed by atoms with Crippen molar-refractivity contribution in [2.45, 2.75) is 98.6 Å². The second-order valence-electron chi connectivity index (χ2n) is 11.3. The number of carboxylic acid groups (broad SMARTS) is 1. The zero-order chi connectivity index (χ0) is 31.2. The van der Waals surface area contributed by atoms with Gasteiger partial charge < -0.3 is 34.5 Å². The number of aliphatic carboxylic acids is 1. The molecule has 0 heterocycles. The SMILES string of the molecule is CCCC(C)C(=O)O[C@@H](C)CC(N)(Cc1ccc(OC(=O)OCCC(C)C)c(OC(=O)OCCC(C)C)c1)C(=O)O. The third-order valence-electron chi connectivity index (χ3n) is 6.26. The van der Waals surface area contributed by atoms with Gasteiger partial charge in [-0.2, -0.15) is 0 Å². The maximum atomic E-state index is 12.3. The Morgan fingerprint density at radius 3 is 1.88 bits per heavy atom. The molecule has 41 heavy (non-hydrogen) atoms. The first-order valence-electron chi connectivity index (χ1n) is 14.2. The minimum absolute atomic E-state index is 0.116. The van der Waals surface area contributed by atoms with Crippen LogP contribution in [0.3, 0.4) is 0 Å². The molecule has 0 aliphatic rings. The van der Waals surface area contributed by atoms with E-state index in [2.05, 4.69) is 0 Å². The zero-order valence-electron chi connectivity index (χ0n) is 25.4. The number of rotatable bonds is 17. The van der Waals surface area contributed by atoms with Crippen LogP contribution in [0, 0.1) is 17.8 Å². The van der Waals surface area contributed by atoms with Crippen molar-refractivity contribution >= 4 is 24.2 Å². The highest BCUT2D eigenvalue weighted by Crippen LogP contribution is 2.31. The Morgan fingerprint density at radius 2 is 1.39 bits per heavy atom. The molecule has 11 heteroatoms. The summed E-state index contributed by atoms with van der Waals surface area (Å²) in [6.45, 7) is 13.5. The van der Waals surface area contributed by atoms with Gasteiger partial charge in [0.2, 0.25) is 0 Å². The van der Waals surface area contributed by atoms with Crippen LogP contribution in [0.15, 0.2) is 18.2 Å². The highest BCUT2D eigenvalue weighted by molar-refractivity contribution is 5.79. The minimum atomic E-state index is -1.82. The average Bonchev–Trinajstić information content (AvgIpc) is 2.85. The van der Waals surface area contributed by atoms with Crippen molar-refractivity contribution in [1.29, 1.82) is 0 Å². The van der Waals surface area contributed by atoms with Gasteiger partial charge >= 0.3 is 24.2 Å². The van der Waals surface area contributed by atoms with Crippen LogP contribution in [0.25, 0.3) is 0 Å². The fourth-order valence-corrected chi connectivity index (χ4v) is 3.84. The number of hydrogen-bond acceptors (Lipinski definition) is 10. The summed E-state index contributed by atoms with van der Waals surface area (Å²) in [5.74, 6) is -1.70. The summed E-state index contributed by atoms with van der Waals surface area (Å²) in [4.78, 5) is 49.1. The van der Waals surface area contributed by atoms with Crippen LogP contribution in [0.4, 0.5) is 9.59 Å². The van der Waals surface area contributed by atoms with Crippen molar-refractivity contribution in [3.63, 3.8) is 0 Å².